The first-order chi connectivity index (χ1) is 8.72. The number of hydrogen-bond acceptors (Lipinski definition) is 2. The van der Waals surface area contributed by atoms with Gasteiger partial charge in [0.15, 0.2) is 0 Å². The highest BCUT2D eigenvalue weighted by molar-refractivity contribution is 4.96. The second-order valence-electron chi connectivity index (χ2n) is 7.36. The Hall–Kier alpha value is -0.0800. The molecule has 1 rings (SSSR count). The topological polar surface area (TPSA) is 29.3 Å². The van der Waals surface area contributed by atoms with Gasteiger partial charge in [-0.15, -0.1) is 0 Å². The molecule has 0 aliphatic carbocycles. The van der Waals surface area contributed by atoms with Crippen molar-refractivity contribution < 1.29 is 0 Å². The van der Waals surface area contributed by atoms with Crippen LogP contribution in [-0.2, 0) is 0 Å². The van der Waals surface area contributed by atoms with Crippen LogP contribution in [0, 0.1) is 17.3 Å². The van der Waals surface area contributed by atoms with Gasteiger partial charge in [-0.2, -0.15) is 0 Å². The summed E-state index contributed by atoms with van der Waals surface area (Å²) in [5.41, 5.74) is 5.22. The van der Waals surface area contributed by atoms with Crippen LogP contribution in [0.2, 0.25) is 0 Å². The minimum Gasteiger partial charge on any atom is -0.333 e. The van der Waals surface area contributed by atoms with Gasteiger partial charge in [0.05, 0.1) is 0 Å². The second-order valence-corrected chi connectivity index (χ2v) is 7.36. The van der Waals surface area contributed by atoms with Gasteiger partial charge in [0.1, 0.15) is 0 Å². The molecule has 1 aliphatic heterocycles. The van der Waals surface area contributed by atoms with Crippen molar-refractivity contribution in [2.75, 3.05) is 20.1 Å². The van der Waals surface area contributed by atoms with Crippen LogP contribution in [0.25, 0.3) is 0 Å². The van der Waals surface area contributed by atoms with Gasteiger partial charge in [0.2, 0.25) is 0 Å². The van der Waals surface area contributed by atoms with Crippen LogP contribution >= 0.6 is 0 Å². The number of rotatable bonds is 4. The fourth-order valence-electron chi connectivity index (χ4n) is 2.99. The predicted octanol–water partition coefficient (Wildman–Crippen LogP) is 4.14. The van der Waals surface area contributed by atoms with Crippen LogP contribution < -0.4 is 5.73 Å². The highest BCUT2D eigenvalue weighted by Gasteiger charge is 2.41. The molecule has 0 spiro atoms. The van der Waals surface area contributed by atoms with Gasteiger partial charge >= 0.3 is 0 Å². The number of nitrogens with two attached hydrogens (primary N) is 1. The summed E-state index contributed by atoms with van der Waals surface area (Å²) in [6.45, 7) is 19.4. The van der Waals surface area contributed by atoms with Gasteiger partial charge in [-0.3, -0.25) is 4.90 Å². The van der Waals surface area contributed by atoms with Crippen molar-refractivity contribution in [2.24, 2.45) is 23.0 Å². The van der Waals surface area contributed by atoms with Gasteiger partial charge < -0.3 is 5.73 Å². The normalized spacial score (nSPS) is 19.3. The van der Waals surface area contributed by atoms with Crippen molar-refractivity contribution in [2.45, 2.75) is 73.3 Å². The van der Waals surface area contributed by atoms with Crippen molar-refractivity contribution in [1.29, 1.82) is 0 Å². The summed E-state index contributed by atoms with van der Waals surface area (Å²) in [6, 6.07) is 0. The minimum absolute atomic E-state index is 0.323. The van der Waals surface area contributed by atoms with Gasteiger partial charge in [-0.25, -0.2) is 0 Å². The lowest BCUT2D eigenvalue weighted by Gasteiger charge is -2.52. The fraction of sp³-hybridized carbons (Fsp3) is 1.00. The monoisotopic (exact) mass is 270 g/mol. The predicted molar refractivity (Wildman–Crippen MR) is 87.4 cm³/mol. The molecular weight excluding hydrogens is 232 g/mol. The molecule has 1 heterocycles. The molecule has 0 bridgehead atoms. The lowest BCUT2D eigenvalue weighted by Crippen LogP contribution is -2.56. The first-order valence-electron chi connectivity index (χ1n) is 8.05. The Morgan fingerprint density at radius 2 is 1.47 bits per heavy atom. The summed E-state index contributed by atoms with van der Waals surface area (Å²) in [5.74, 6) is 1.81. The van der Waals surface area contributed by atoms with E-state index in [1.807, 2.05) is 0 Å². The number of piperidine rings is 1. The molecule has 1 saturated heterocycles. The Balaban J connectivity index is 0.00000154. The molecule has 2 nitrogen and oxygen atoms in total. The Labute approximate surface area is 122 Å². The summed E-state index contributed by atoms with van der Waals surface area (Å²) >= 11 is 0. The minimum atomic E-state index is 0.323. The lowest BCUT2D eigenvalue weighted by atomic mass is 9.70. The van der Waals surface area contributed by atoms with E-state index in [1.165, 1.54) is 39.4 Å². The molecule has 116 valence electrons. The number of nitrogens with zero attached hydrogens (tertiary/aromatic N) is 1. The zero-order chi connectivity index (χ0) is 15.3. The van der Waals surface area contributed by atoms with Crippen LogP contribution in [0.15, 0.2) is 0 Å². The Morgan fingerprint density at radius 1 is 1.05 bits per heavy atom. The first-order valence-corrected chi connectivity index (χ1v) is 8.05. The van der Waals surface area contributed by atoms with E-state index >= 15 is 0 Å². The van der Waals surface area contributed by atoms with Crippen LogP contribution in [0.1, 0.15) is 67.7 Å². The third kappa shape index (κ3) is 4.46. The molecule has 2 N–H and O–H groups in total. The van der Waals surface area contributed by atoms with E-state index in [9.17, 15) is 0 Å². The van der Waals surface area contributed by atoms with Crippen LogP contribution in [0.3, 0.4) is 0 Å². The molecule has 0 amide bonds. The van der Waals surface area contributed by atoms with Gasteiger partial charge in [-0.1, -0.05) is 34.6 Å². The van der Waals surface area contributed by atoms with Crippen molar-refractivity contribution in [3.8, 4) is 0 Å². The van der Waals surface area contributed by atoms with E-state index in [2.05, 4.69) is 59.1 Å². The maximum Gasteiger partial charge on any atom is 0.0204 e. The average Bonchev–Trinajstić information content (AvgIpc) is 2.40. The van der Waals surface area contributed by atoms with E-state index in [0.717, 1.165) is 11.8 Å². The Morgan fingerprint density at radius 3 is 1.79 bits per heavy atom. The van der Waals surface area contributed by atoms with Crippen molar-refractivity contribution >= 4 is 0 Å². The summed E-state index contributed by atoms with van der Waals surface area (Å²) in [7, 11) is 1.50. The van der Waals surface area contributed by atoms with Gasteiger partial charge in [0.25, 0.3) is 0 Å². The van der Waals surface area contributed by atoms with E-state index in [4.69, 9.17) is 0 Å². The maximum atomic E-state index is 4.50. The third-order valence-electron chi connectivity index (χ3n) is 5.81. The lowest BCUT2D eigenvalue weighted by molar-refractivity contribution is -0.0178. The standard InChI is InChI=1S/C16H33N.CH5N/c1-8-15(4,5)16(6,7)17-11-9-14(10-12-17)13(2)3;1-2/h13-14H,8-12H2,1-7H3;2H2,1H3. The Bertz CT molecular complexity index is 236. The number of hydrogen-bond donors (Lipinski definition) is 1. The van der Waals surface area contributed by atoms with Crippen LogP contribution in [0.4, 0.5) is 0 Å². The van der Waals surface area contributed by atoms with Crippen molar-refractivity contribution in [3.05, 3.63) is 0 Å². The van der Waals surface area contributed by atoms with Crippen LogP contribution in [0.5, 0.6) is 0 Å². The summed E-state index contributed by atoms with van der Waals surface area (Å²) in [5, 5.41) is 0. The molecule has 0 aromatic rings. The second kappa shape index (κ2) is 7.64. The molecule has 1 fully saturated rings. The molecule has 19 heavy (non-hydrogen) atoms. The van der Waals surface area contributed by atoms with E-state index in [-0.39, 0.29) is 0 Å². The average molecular weight is 271 g/mol. The maximum absolute atomic E-state index is 4.50. The molecule has 0 radical (unpaired) electrons. The molecular formula is C17H38N2. The highest BCUT2D eigenvalue weighted by atomic mass is 15.2. The smallest absolute Gasteiger partial charge is 0.0204 e. The van der Waals surface area contributed by atoms with Crippen molar-refractivity contribution in [3.63, 3.8) is 0 Å². The summed E-state index contributed by atoms with van der Waals surface area (Å²) < 4.78 is 0. The highest BCUT2D eigenvalue weighted by Crippen LogP contribution is 2.40. The quantitative estimate of drug-likeness (QED) is 0.831. The molecule has 0 aromatic carbocycles. The molecule has 1 aliphatic rings. The SMILES string of the molecule is CCC(C)(C)C(C)(C)N1CCC(C(C)C)CC1.CN. The zero-order valence-corrected chi connectivity index (χ0v) is 14.7. The van der Waals surface area contributed by atoms with E-state index in [0.29, 0.717) is 11.0 Å². The van der Waals surface area contributed by atoms with Crippen LogP contribution in [-0.4, -0.2) is 30.6 Å². The molecule has 0 unspecified atom stereocenters. The molecule has 2 heteroatoms. The van der Waals surface area contributed by atoms with E-state index in [1.54, 1.807) is 0 Å². The zero-order valence-electron chi connectivity index (χ0n) is 14.7. The molecule has 0 saturated carbocycles. The first kappa shape index (κ1) is 18.9. The third-order valence-corrected chi connectivity index (χ3v) is 5.81. The number of likely N-dealkylation sites (tertiary alicyclic amines) is 1. The summed E-state index contributed by atoms with van der Waals surface area (Å²) in [6.07, 6.45) is 4.03. The fourth-order valence-corrected chi connectivity index (χ4v) is 2.99. The van der Waals surface area contributed by atoms with E-state index < -0.39 is 0 Å². The summed E-state index contributed by atoms with van der Waals surface area (Å²) in [4.78, 5) is 2.73. The van der Waals surface area contributed by atoms with Gasteiger partial charge in [0, 0.05) is 5.54 Å². The Kier molecular flexibility index (Phi) is 7.60. The molecule has 0 aromatic heterocycles. The van der Waals surface area contributed by atoms with Gasteiger partial charge in [-0.05, 0) is 70.5 Å². The molecule has 0 atom stereocenters. The largest absolute Gasteiger partial charge is 0.333 e. The van der Waals surface area contributed by atoms with Crippen molar-refractivity contribution in [1.82, 2.24) is 4.90 Å².